The summed E-state index contributed by atoms with van der Waals surface area (Å²) in [5.41, 5.74) is 5.15. The van der Waals surface area contributed by atoms with E-state index in [1.165, 1.54) is 32.1 Å². The average molecular weight is 184 g/mol. The van der Waals surface area contributed by atoms with E-state index < -0.39 is 0 Å². The molecular formula is C10H20N2O. The number of rotatable bonds is 4. The summed E-state index contributed by atoms with van der Waals surface area (Å²) in [7, 11) is 0. The molecule has 76 valence electrons. The van der Waals surface area contributed by atoms with Crippen molar-refractivity contribution in [1.29, 1.82) is 0 Å². The van der Waals surface area contributed by atoms with Crippen molar-refractivity contribution < 1.29 is 4.79 Å². The van der Waals surface area contributed by atoms with Crippen molar-refractivity contribution in [2.24, 2.45) is 11.7 Å². The Hall–Kier alpha value is -0.570. The monoisotopic (exact) mass is 184 g/mol. The van der Waals surface area contributed by atoms with Crippen molar-refractivity contribution in [2.75, 3.05) is 6.54 Å². The quantitative estimate of drug-likeness (QED) is 0.685. The Morgan fingerprint density at radius 1 is 1.46 bits per heavy atom. The van der Waals surface area contributed by atoms with Gasteiger partial charge in [0.2, 0.25) is 5.91 Å². The third-order valence-electron chi connectivity index (χ3n) is 2.86. The van der Waals surface area contributed by atoms with Crippen LogP contribution in [0.2, 0.25) is 0 Å². The van der Waals surface area contributed by atoms with E-state index in [9.17, 15) is 4.79 Å². The van der Waals surface area contributed by atoms with Crippen LogP contribution >= 0.6 is 0 Å². The number of hydrogen-bond donors (Lipinski definition) is 2. The van der Waals surface area contributed by atoms with Gasteiger partial charge in [0, 0.05) is 0 Å². The highest BCUT2D eigenvalue weighted by molar-refractivity contribution is 5.79. The molecule has 1 aliphatic carbocycles. The zero-order valence-corrected chi connectivity index (χ0v) is 8.38. The fraction of sp³-hybridized carbons (Fsp3) is 0.900. The van der Waals surface area contributed by atoms with Crippen LogP contribution < -0.4 is 11.1 Å². The van der Waals surface area contributed by atoms with Crippen molar-refractivity contribution in [2.45, 2.75) is 45.1 Å². The van der Waals surface area contributed by atoms with Gasteiger partial charge in [0.1, 0.15) is 0 Å². The Morgan fingerprint density at radius 3 is 2.62 bits per heavy atom. The van der Waals surface area contributed by atoms with Gasteiger partial charge >= 0.3 is 0 Å². The van der Waals surface area contributed by atoms with E-state index in [2.05, 4.69) is 5.32 Å². The van der Waals surface area contributed by atoms with Gasteiger partial charge in [-0.3, -0.25) is 4.79 Å². The number of primary amides is 1. The molecule has 1 amide bonds. The minimum atomic E-state index is -0.254. The Morgan fingerprint density at radius 2 is 2.08 bits per heavy atom. The Bertz CT molecular complexity index is 164. The topological polar surface area (TPSA) is 55.1 Å². The SMILES string of the molecule is C[C@H](NCC1CCCCC1)C(N)=O. The predicted molar refractivity (Wildman–Crippen MR) is 53.2 cm³/mol. The second-order valence-electron chi connectivity index (χ2n) is 4.04. The molecule has 0 aliphatic heterocycles. The van der Waals surface area contributed by atoms with E-state index in [4.69, 9.17) is 5.73 Å². The highest BCUT2D eigenvalue weighted by Crippen LogP contribution is 2.22. The first kappa shape index (κ1) is 10.5. The van der Waals surface area contributed by atoms with Crippen LogP contribution in [-0.2, 0) is 4.79 Å². The summed E-state index contributed by atoms with van der Waals surface area (Å²) < 4.78 is 0. The average Bonchev–Trinajstić information content (AvgIpc) is 2.15. The number of carbonyl (C=O) groups excluding carboxylic acids is 1. The van der Waals surface area contributed by atoms with Crippen LogP contribution in [0.4, 0.5) is 0 Å². The van der Waals surface area contributed by atoms with Crippen LogP contribution in [-0.4, -0.2) is 18.5 Å². The van der Waals surface area contributed by atoms with Gasteiger partial charge in [-0.1, -0.05) is 19.3 Å². The van der Waals surface area contributed by atoms with E-state index in [0.717, 1.165) is 12.5 Å². The maximum absolute atomic E-state index is 10.7. The molecule has 1 fully saturated rings. The Labute approximate surface area is 80.1 Å². The van der Waals surface area contributed by atoms with Gasteiger partial charge < -0.3 is 11.1 Å². The van der Waals surface area contributed by atoms with Gasteiger partial charge in [-0.2, -0.15) is 0 Å². The van der Waals surface area contributed by atoms with Crippen LogP contribution in [0, 0.1) is 5.92 Å². The summed E-state index contributed by atoms with van der Waals surface area (Å²) in [5.74, 6) is 0.506. The molecule has 1 saturated carbocycles. The standard InChI is InChI=1S/C10H20N2O/c1-8(10(11)13)12-7-9-5-3-2-4-6-9/h8-9,12H,2-7H2,1H3,(H2,11,13)/t8-/m0/s1. The molecule has 1 aliphatic rings. The number of carbonyl (C=O) groups is 1. The lowest BCUT2D eigenvalue weighted by molar-refractivity contribution is -0.119. The van der Waals surface area contributed by atoms with Gasteiger partial charge in [-0.05, 0) is 32.2 Å². The number of amides is 1. The van der Waals surface area contributed by atoms with Gasteiger partial charge in [-0.15, -0.1) is 0 Å². The summed E-state index contributed by atoms with van der Waals surface area (Å²) in [6.07, 6.45) is 6.67. The number of hydrogen-bond acceptors (Lipinski definition) is 2. The van der Waals surface area contributed by atoms with Crippen molar-refractivity contribution in [3.05, 3.63) is 0 Å². The highest BCUT2D eigenvalue weighted by atomic mass is 16.1. The minimum Gasteiger partial charge on any atom is -0.368 e. The third kappa shape index (κ3) is 3.77. The Kier molecular flexibility index (Phi) is 4.22. The zero-order valence-electron chi connectivity index (χ0n) is 8.38. The second kappa shape index (κ2) is 5.22. The summed E-state index contributed by atoms with van der Waals surface area (Å²) in [6, 6.07) is -0.179. The minimum absolute atomic E-state index is 0.179. The van der Waals surface area contributed by atoms with Gasteiger partial charge in [0.05, 0.1) is 6.04 Å². The molecule has 0 radical (unpaired) electrons. The fourth-order valence-electron chi connectivity index (χ4n) is 1.84. The molecule has 1 atom stereocenters. The first-order chi connectivity index (χ1) is 6.20. The van der Waals surface area contributed by atoms with E-state index >= 15 is 0 Å². The molecule has 0 bridgehead atoms. The van der Waals surface area contributed by atoms with Crippen LogP contribution in [0.1, 0.15) is 39.0 Å². The maximum atomic E-state index is 10.7. The molecule has 1 rings (SSSR count). The Balaban J connectivity index is 2.13. The highest BCUT2D eigenvalue weighted by Gasteiger charge is 2.15. The van der Waals surface area contributed by atoms with Crippen molar-refractivity contribution >= 4 is 5.91 Å². The van der Waals surface area contributed by atoms with Gasteiger partial charge in [-0.25, -0.2) is 0 Å². The summed E-state index contributed by atoms with van der Waals surface area (Å²) >= 11 is 0. The molecule has 13 heavy (non-hydrogen) atoms. The molecular weight excluding hydrogens is 164 g/mol. The molecule has 3 heteroatoms. The lowest BCUT2D eigenvalue weighted by Crippen LogP contribution is -2.41. The first-order valence-electron chi connectivity index (χ1n) is 5.23. The molecule has 3 N–H and O–H groups in total. The third-order valence-corrected chi connectivity index (χ3v) is 2.86. The second-order valence-corrected chi connectivity index (χ2v) is 4.04. The fourth-order valence-corrected chi connectivity index (χ4v) is 1.84. The first-order valence-corrected chi connectivity index (χ1v) is 5.23. The normalized spacial score (nSPS) is 21.3. The molecule has 0 spiro atoms. The van der Waals surface area contributed by atoms with Crippen molar-refractivity contribution in [3.8, 4) is 0 Å². The molecule has 0 heterocycles. The molecule has 0 unspecified atom stereocenters. The van der Waals surface area contributed by atoms with E-state index in [1.807, 2.05) is 6.92 Å². The van der Waals surface area contributed by atoms with Gasteiger partial charge in [0.15, 0.2) is 0 Å². The largest absolute Gasteiger partial charge is 0.368 e. The van der Waals surface area contributed by atoms with Crippen LogP contribution in [0.15, 0.2) is 0 Å². The smallest absolute Gasteiger partial charge is 0.234 e. The molecule has 0 saturated heterocycles. The van der Waals surface area contributed by atoms with E-state index in [0.29, 0.717) is 0 Å². The number of nitrogens with two attached hydrogens (primary N) is 1. The lowest BCUT2D eigenvalue weighted by atomic mass is 9.89. The van der Waals surface area contributed by atoms with Crippen molar-refractivity contribution in [3.63, 3.8) is 0 Å². The molecule has 0 aromatic heterocycles. The summed E-state index contributed by atoms with van der Waals surface area (Å²) in [6.45, 7) is 2.77. The predicted octanol–water partition coefficient (Wildman–Crippen LogP) is 1.03. The van der Waals surface area contributed by atoms with E-state index in [-0.39, 0.29) is 11.9 Å². The molecule has 0 aromatic carbocycles. The lowest BCUT2D eigenvalue weighted by Gasteiger charge is -2.23. The van der Waals surface area contributed by atoms with Crippen molar-refractivity contribution in [1.82, 2.24) is 5.32 Å². The number of nitrogens with one attached hydrogen (secondary N) is 1. The maximum Gasteiger partial charge on any atom is 0.234 e. The van der Waals surface area contributed by atoms with Crippen LogP contribution in [0.25, 0.3) is 0 Å². The van der Waals surface area contributed by atoms with Gasteiger partial charge in [0.25, 0.3) is 0 Å². The van der Waals surface area contributed by atoms with E-state index in [1.54, 1.807) is 0 Å². The summed E-state index contributed by atoms with van der Waals surface area (Å²) in [5, 5.41) is 3.18. The molecule has 0 aromatic rings. The van der Waals surface area contributed by atoms with Crippen LogP contribution in [0.3, 0.4) is 0 Å². The van der Waals surface area contributed by atoms with Crippen LogP contribution in [0.5, 0.6) is 0 Å². The summed E-state index contributed by atoms with van der Waals surface area (Å²) in [4.78, 5) is 10.7. The molecule has 3 nitrogen and oxygen atoms in total. The zero-order chi connectivity index (χ0) is 9.68.